The van der Waals surface area contributed by atoms with Crippen molar-refractivity contribution < 1.29 is 9.18 Å². The van der Waals surface area contributed by atoms with E-state index in [1.54, 1.807) is 34.8 Å². The van der Waals surface area contributed by atoms with E-state index in [-0.39, 0.29) is 11.7 Å². The molecule has 0 aliphatic heterocycles. The topological polar surface area (TPSA) is 41.0 Å². The van der Waals surface area contributed by atoms with E-state index in [1.807, 2.05) is 30.3 Å². The first-order valence-corrected chi connectivity index (χ1v) is 7.83. The summed E-state index contributed by atoms with van der Waals surface area (Å²) in [6.45, 7) is 0.381. The number of nitrogens with one attached hydrogen (secondary N) is 1. The summed E-state index contributed by atoms with van der Waals surface area (Å²) in [5.41, 5.74) is 2.13. The molecule has 122 valence electrons. The van der Waals surface area contributed by atoms with Gasteiger partial charge in [0.15, 0.2) is 4.77 Å². The molecule has 6 heteroatoms. The number of carbonyl (C=O) groups excluding carboxylic acids is 1. The fourth-order valence-corrected chi connectivity index (χ4v) is 2.75. The molecule has 1 amide bonds. The largest absolute Gasteiger partial charge is 0.336 e. The minimum absolute atomic E-state index is 0.171. The van der Waals surface area contributed by atoms with Gasteiger partial charge in [-0.3, -0.25) is 9.36 Å². The molecule has 1 N–H and O–H groups in total. The molecule has 2 aromatic carbocycles. The monoisotopic (exact) mass is 341 g/mol. The zero-order valence-electron chi connectivity index (χ0n) is 13.1. The van der Waals surface area contributed by atoms with Crippen LogP contribution in [0.15, 0.2) is 60.8 Å². The summed E-state index contributed by atoms with van der Waals surface area (Å²) in [5.74, 6) is -0.466. The number of para-hydroxylation sites is 1. The fourth-order valence-electron chi connectivity index (χ4n) is 2.49. The number of rotatable bonds is 4. The van der Waals surface area contributed by atoms with Crippen LogP contribution in [-0.4, -0.2) is 27.4 Å². The van der Waals surface area contributed by atoms with Crippen LogP contribution in [0.25, 0.3) is 5.69 Å². The predicted molar refractivity (Wildman–Crippen MR) is 93.2 cm³/mol. The standard InChI is InChI=1S/C18H16FN3OS/c1-21(12-13-7-9-14(19)10-8-13)17(23)16-11-20-18(24)22(16)15-5-3-2-4-6-15/h2-11H,12H2,1H3,(H,20,24). The van der Waals surface area contributed by atoms with Crippen molar-refractivity contribution in [3.8, 4) is 5.69 Å². The third kappa shape index (κ3) is 3.28. The Morgan fingerprint density at radius 2 is 1.83 bits per heavy atom. The van der Waals surface area contributed by atoms with Crippen LogP contribution in [-0.2, 0) is 6.54 Å². The summed E-state index contributed by atoms with van der Waals surface area (Å²) < 4.78 is 15.2. The Labute approximate surface area is 144 Å². The van der Waals surface area contributed by atoms with Crippen molar-refractivity contribution in [3.63, 3.8) is 0 Å². The number of aromatic amines is 1. The molecule has 0 saturated heterocycles. The van der Waals surface area contributed by atoms with Crippen molar-refractivity contribution in [3.05, 3.63) is 82.6 Å². The molecule has 0 spiro atoms. The average molecular weight is 341 g/mol. The highest BCUT2D eigenvalue weighted by Crippen LogP contribution is 2.15. The van der Waals surface area contributed by atoms with Gasteiger partial charge in [-0.2, -0.15) is 0 Å². The molecule has 0 saturated carbocycles. The second kappa shape index (κ2) is 6.80. The van der Waals surface area contributed by atoms with Gasteiger partial charge in [0.1, 0.15) is 11.5 Å². The Bertz CT molecular complexity index is 900. The Hall–Kier alpha value is -2.73. The van der Waals surface area contributed by atoms with Crippen LogP contribution in [0.2, 0.25) is 0 Å². The summed E-state index contributed by atoms with van der Waals surface area (Å²) in [4.78, 5) is 17.3. The molecule has 4 nitrogen and oxygen atoms in total. The molecule has 0 aliphatic carbocycles. The highest BCUT2D eigenvalue weighted by molar-refractivity contribution is 7.71. The number of benzene rings is 2. The van der Waals surface area contributed by atoms with Gasteiger partial charge in [0.25, 0.3) is 5.91 Å². The third-order valence-electron chi connectivity index (χ3n) is 3.69. The third-order valence-corrected chi connectivity index (χ3v) is 3.99. The number of halogens is 1. The highest BCUT2D eigenvalue weighted by Gasteiger charge is 2.18. The van der Waals surface area contributed by atoms with Crippen LogP contribution < -0.4 is 0 Å². The quantitative estimate of drug-likeness (QED) is 0.730. The van der Waals surface area contributed by atoms with E-state index >= 15 is 0 Å². The molecule has 1 aromatic heterocycles. The van der Waals surface area contributed by atoms with E-state index in [4.69, 9.17) is 12.2 Å². The van der Waals surface area contributed by atoms with Crippen LogP contribution in [0.3, 0.4) is 0 Å². The highest BCUT2D eigenvalue weighted by atomic mass is 32.1. The maximum absolute atomic E-state index is 13.0. The van der Waals surface area contributed by atoms with E-state index in [2.05, 4.69) is 4.98 Å². The van der Waals surface area contributed by atoms with E-state index in [0.717, 1.165) is 11.3 Å². The number of aromatic nitrogens is 2. The maximum Gasteiger partial charge on any atom is 0.272 e. The zero-order valence-corrected chi connectivity index (χ0v) is 13.9. The molecule has 0 atom stereocenters. The van der Waals surface area contributed by atoms with Gasteiger partial charge < -0.3 is 9.88 Å². The molecule has 3 rings (SSSR count). The lowest BCUT2D eigenvalue weighted by Crippen LogP contribution is -2.28. The molecule has 0 radical (unpaired) electrons. The van der Waals surface area contributed by atoms with Gasteiger partial charge in [-0.1, -0.05) is 30.3 Å². The van der Waals surface area contributed by atoms with Crippen molar-refractivity contribution in [1.29, 1.82) is 0 Å². The Morgan fingerprint density at radius 1 is 1.17 bits per heavy atom. The lowest BCUT2D eigenvalue weighted by atomic mass is 10.2. The summed E-state index contributed by atoms with van der Waals surface area (Å²) in [6.07, 6.45) is 1.61. The van der Waals surface area contributed by atoms with Gasteiger partial charge in [-0.15, -0.1) is 0 Å². The van der Waals surface area contributed by atoms with E-state index < -0.39 is 0 Å². The lowest BCUT2D eigenvalue weighted by molar-refractivity contribution is 0.0777. The first-order chi connectivity index (χ1) is 11.6. The molecule has 0 fully saturated rings. The Kier molecular flexibility index (Phi) is 4.57. The summed E-state index contributed by atoms with van der Waals surface area (Å²) >= 11 is 5.30. The number of H-pyrrole nitrogens is 1. The molecule has 0 aliphatic rings. The fraction of sp³-hybridized carbons (Fsp3) is 0.111. The maximum atomic E-state index is 13.0. The van der Waals surface area contributed by atoms with E-state index in [9.17, 15) is 9.18 Å². The van der Waals surface area contributed by atoms with E-state index in [0.29, 0.717) is 17.0 Å². The summed E-state index contributed by atoms with van der Waals surface area (Å²) in [5, 5.41) is 0. The molecule has 0 unspecified atom stereocenters. The number of nitrogens with zero attached hydrogens (tertiary/aromatic N) is 2. The zero-order chi connectivity index (χ0) is 17.1. The van der Waals surface area contributed by atoms with Gasteiger partial charge >= 0.3 is 0 Å². The normalized spacial score (nSPS) is 10.6. The predicted octanol–water partition coefficient (Wildman–Crippen LogP) is 3.95. The molecular formula is C18H16FN3OS. The summed E-state index contributed by atoms with van der Waals surface area (Å²) in [6, 6.07) is 15.6. The van der Waals surface area contributed by atoms with Crippen molar-refractivity contribution >= 4 is 18.1 Å². The van der Waals surface area contributed by atoms with E-state index in [1.165, 1.54) is 12.1 Å². The summed E-state index contributed by atoms with van der Waals surface area (Å²) in [7, 11) is 1.71. The van der Waals surface area contributed by atoms with Gasteiger partial charge in [0.05, 0.1) is 0 Å². The van der Waals surface area contributed by atoms with Gasteiger partial charge in [0, 0.05) is 25.5 Å². The van der Waals surface area contributed by atoms with Gasteiger partial charge in [-0.05, 0) is 42.0 Å². The molecular weight excluding hydrogens is 325 g/mol. The Balaban J connectivity index is 1.88. The lowest BCUT2D eigenvalue weighted by Gasteiger charge is -2.18. The van der Waals surface area contributed by atoms with Crippen molar-refractivity contribution in [1.82, 2.24) is 14.5 Å². The minimum atomic E-state index is -0.295. The SMILES string of the molecule is CN(Cc1ccc(F)cc1)C(=O)c1c[nH]c(=S)n1-c1ccccc1. The second-order valence-corrected chi connectivity index (χ2v) is 5.82. The van der Waals surface area contributed by atoms with Crippen LogP contribution in [0.5, 0.6) is 0 Å². The first kappa shape index (κ1) is 16.1. The minimum Gasteiger partial charge on any atom is -0.336 e. The molecule has 24 heavy (non-hydrogen) atoms. The number of hydrogen-bond donors (Lipinski definition) is 1. The van der Waals surface area contributed by atoms with Crippen molar-refractivity contribution in [2.24, 2.45) is 0 Å². The van der Waals surface area contributed by atoms with Crippen LogP contribution >= 0.6 is 12.2 Å². The number of carbonyl (C=O) groups is 1. The van der Waals surface area contributed by atoms with Crippen LogP contribution in [0.1, 0.15) is 16.1 Å². The van der Waals surface area contributed by atoms with Crippen molar-refractivity contribution in [2.75, 3.05) is 7.05 Å². The number of imidazole rings is 1. The average Bonchev–Trinajstić information content (AvgIpc) is 2.98. The molecule has 1 heterocycles. The smallest absolute Gasteiger partial charge is 0.272 e. The first-order valence-electron chi connectivity index (χ1n) is 7.42. The Morgan fingerprint density at radius 3 is 2.50 bits per heavy atom. The van der Waals surface area contributed by atoms with Gasteiger partial charge in [-0.25, -0.2) is 4.39 Å². The van der Waals surface area contributed by atoms with Crippen molar-refractivity contribution in [2.45, 2.75) is 6.54 Å². The number of amides is 1. The second-order valence-electron chi connectivity index (χ2n) is 5.44. The van der Waals surface area contributed by atoms with Gasteiger partial charge in [0.2, 0.25) is 0 Å². The number of hydrogen-bond acceptors (Lipinski definition) is 2. The van der Waals surface area contributed by atoms with Crippen LogP contribution in [0.4, 0.5) is 4.39 Å². The van der Waals surface area contributed by atoms with Crippen LogP contribution in [0, 0.1) is 10.6 Å². The molecule has 0 bridgehead atoms. The molecule has 3 aromatic rings.